The molecule has 21 heavy (non-hydrogen) atoms. The molecule has 2 aliphatic heterocycles. The summed E-state index contributed by atoms with van der Waals surface area (Å²) >= 11 is 0. The molecular formula is C16H31N3O2. The van der Waals surface area contributed by atoms with Gasteiger partial charge in [-0.3, -0.25) is 0 Å². The molecule has 1 amide bonds. The maximum atomic E-state index is 11.7. The van der Waals surface area contributed by atoms with E-state index in [1.165, 1.54) is 32.4 Å². The summed E-state index contributed by atoms with van der Waals surface area (Å²) in [4.78, 5) is 16.1. The molecule has 5 heteroatoms. The van der Waals surface area contributed by atoms with Crippen LogP contribution >= 0.6 is 0 Å². The summed E-state index contributed by atoms with van der Waals surface area (Å²) in [5.41, 5.74) is 0. The van der Waals surface area contributed by atoms with Crippen LogP contribution < -0.4 is 5.32 Å². The molecule has 0 aromatic heterocycles. The third-order valence-electron chi connectivity index (χ3n) is 4.52. The number of hydrogen-bond acceptors (Lipinski definition) is 4. The normalized spacial score (nSPS) is 23.0. The second kappa shape index (κ2) is 8.59. The molecule has 0 aromatic carbocycles. The summed E-state index contributed by atoms with van der Waals surface area (Å²) in [7, 11) is 0. The van der Waals surface area contributed by atoms with Crippen molar-refractivity contribution in [1.82, 2.24) is 15.1 Å². The lowest BCUT2D eigenvalue weighted by Crippen LogP contribution is -2.50. The number of piperidine rings is 2. The van der Waals surface area contributed by atoms with E-state index in [9.17, 15) is 4.79 Å². The molecule has 2 fully saturated rings. The van der Waals surface area contributed by atoms with Gasteiger partial charge in [0.25, 0.3) is 0 Å². The van der Waals surface area contributed by atoms with Crippen LogP contribution in [0.1, 0.15) is 46.0 Å². The number of rotatable bonds is 5. The fraction of sp³-hybridized carbons (Fsp3) is 0.938. The second-order valence-electron chi connectivity index (χ2n) is 6.39. The minimum Gasteiger partial charge on any atom is -0.450 e. The second-order valence-corrected chi connectivity index (χ2v) is 6.39. The number of ether oxygens (including phenoxy) is 1. The molecule has 0 radical (unpaired) electrons. The van der Waals surface area contributed by atoms with Crippen LogP contribution in [0.25, 0.3) is 0 Å². The maximum Gasteiger partial charge on any atom is 0.409 e. The van der Waals surface area contributed by atoms with Gasteiger partial charge in [0.2, 0.25) is 0 Å². The van der Waals surface area contributed by atoms with Crippen molar-refractivity contribution < 1.29 is 9.53 Å². The highest BCUT2D eigenvalue weighted by Gasteiger charge is 2.24. The summed E-state index contributed by atoms with van der Waals surface area (Å²) in [6.45, 7) is 9.89. The highest BCUT2D eigenvalue weighted by molar-refractivity contribution is 5.67. The largest absolute Gasteiger partial charge is 0.450 e. The zero-order valence-electron chi connectivity index (χ0n) is 13.6. The van der Waals surface area contributed by atoms with Crippen molar-refractivity contribution in [3.05, 3.63) is 0 Å². The number of carbonyl (C=O) groups excluding carboxylic acids is 1. The van der Waals surface area contributed by atoms with Crippen LogP contribution in [-0.4, -0.2) is 67.3 Å². The Morgan fingerprint density at radius 2 is 1.86 bits per heavy atom. The lowest BCUT2D eigenvalue weighted by molar-refractivity contribution is 0.0935. The Kier molecular flexibility index (Phi) is 6.77. The predicted molar refractivity (Wildman–Crippen MR) is 84.5 cm³/mol. The van der Waals surface area contributed by atoms with Crippen molar-refractivity contribution in [3.63, 3.8) is 0 Å². The van der Waals surface area contributed by atoms with E-state index in [0.717, 1.165) is 32.5 Å². The van der Waals surface area contributed by atoms with Crippen LogP contribution in [-0.2, 0) is 4.74 Å². The van der Waals surface area contributed by atoms with Crippen LogP contribution in [0, 0.1) is 0 Å². The fourth-order valence-corrected chi connectivity index (χ4v) is 3.43. The van der Waals surface area contributed by atoms with E-state index in [4.69, 9.17) is 4.74 Å². The number of nitrogens with zero attached hydrogens (tertiary/aromatic N) is 2. The Hall–Kier alpha value is -0.810. The average molecular weight is 297 g/mol. The molecule has 2 heterocycles. The molecule has 1 unspecified atom stereocenters. The Balaban J connectivity index is 1.64. The van der Waals surface area contributed by atoms with E-state index < -0.39 is 0 Å². The van der Waals surface area contributed by atoms with Gasteiger partial charge in [0.05, 0.1) is 6.61 Å². The van der Waals surface area contributed by atoms with Crippen LogP contribution in [0.5, 0.6) is 0 Å². The van der Waals surface area contributed by atoms with E-state index in [1.807, 2.05) is 11.8 Å². The van der Waals surface area contributed by atoms with Crippen LogP contribution in [0.2, 0.25) is 0 Å². The van der Waals surface area contributed by atoms with Crippen molar-refractivity contribution in [2.45, 2.75) is 58.0 Å². The van der Waals surface area contributed by atoms with Gasteiger partial charge in [-0.15, -0.1) is 0 Å². The first-order chi connectivity index (χ1) is 10.2. The van der Waals surface area contributed by atoms with E-state index in [0.29, 0.717) is 18.7 Å². The van der Waals surface area contributed by atoms with Gasteiger partial charge in [-0.2, -0.15) is 0 Å². The molecule has 1 atom stereocenters. The van der Waals surface area contributed by atoms with Gasteiger partial charge in [-0.05, 0) is 52.6 Å². The van der Waals surface area contributed by atoms with E-state index in [-0.39, 0.29) is 6.09 Å². The van der Waals surface area contributed by atoms with Crippen molar-refractivity contribution in [2.24, 2.45) is 0 Å². The van der Waals surface area contributed by atoms with Gasteiger partial charge >= 0.3 is 6.09 Å². The summed E-state index contributed by atoms with van der Waals surface area (Å²) in [5, 5.41) is 3.74. The molecule has 2 rings (SSSR count). The number of amides is 1. The molecule has 2 saturated heterocycles. The molecule has 0 aliphatic carbocycles. The first-order valence-corrected chi connectivity index (χ1v) is 8.59. The van der Waals surface area contributed by atoms with Gasteiger partial charge in [0.15, 0.2) is 0 Å². The lowest BCUT2D eigenvalue weighted by Gasteiger charge is -2.35. The Morgan fingerprint density at radius 1 is 1.19 bits per heavy atom. The molecule has 0 bridgehead atoms. The quantitative estimate of drug-likeness (QED) is 0.844. The van der Waals surface area contributed by atoms with Gasteiger partial charge in [-0.1, -0.05) is 6.42 Å². The topological polar surface area (TPSA) is 44.8 Å². The zero-order chi connectivity index (χ0) is 15.1. The van der Waals surface area contributed by atoms with Crippen LogP contribution in [0.15, 0.2) is 0 Å². The third-order valence-corrected chi connectivity index (χ3v) is 4.52. The number of hydrogen-bond donors (Lipinski definition) is 1. The number of likely N-dealkylation sites (tertiary alicyclic amines) is 2. The summed E-state index contributed by atoms with van der Waals surface area (Å²) in [5.74, 6) is 0. The predicted octanol–water partition coefficient (Wildman–Crippen LogP) is 2.07. The molecular weight excluding hydrogens is 266 g/mol. The number of carbonyl (C=O) groups is 1. The number of nitrogens with one attached hydrogen (secondary N) is 1. The first-order valence-electron chi connectivity index (χ1n) is 8.59. The minimum absolute atomic E-state index is 0.155. The molecule has 2 aliphatic rings. The van der Waals surface area contributed by atoms with Gasteiger partial charge in [0.1, 0.15) is 0 Å². The Labute approximate surface area is 129 Å². The molecule has 5 nitrogen and oxygen atoms in total. The average Bonchev–Trinajstić information content (AvgIpc) is 2.49. The smallest absolute Gasteiger partial charge is 0.409 e. The van der Waals surface area contributed by atoms with Crippen LogP contribution in [0.3, 0.4) is 0 Å². The summed E-state index contributed by atoms with van der Waals surface area (Å²) < 4.78 is 5.06. The van der Waals surface area contributed by atoms with Gasteiger partial charge in [-0.25, -0.2) is 4.79 Å². The van der Waals surface area contributed by atoms with Gasteiger partial charge < -0.3 is 19.9 Å². The van der Waals surface area contributed by atoms with Crippen LogP contribution in [0.4, 0.5) is 4.79 Å². The van der Waals surface area contributed by atoms with Crippen molar-refractivity contribution in [2.75, 3.05) is 39.3 Å². The first kappa shape index (κ1) is 16.6. The SMILES string of the molecule is CCOC(=O)N1CCC(NC(C)CN2CCCCC2)CC1. The van der Waals surface area contributed by atoms with E-state index >= 15 is 0 Å². The van der Waals surface area contributed by atoms with E-state index in [1.54, 1.807) is 0 Å². The van der Waals surface area contributed by atoms with Crippen molar-refractivity contribution in [1.29, 1.82) is 0 Å². The molecule has 1 N–H and O–H groups in total. The monoisotopic (exact) mass is 297 g/mol. The Bertz CT molecular complexity index is 311. The highest BCUT2D eigenvalue weighted by Crippen LogP contribution is 2.13. The summed E-state index contributed by atoms with van der Waals surface area (Å²) in [6, 6.07) is 1.07. The highest BCUT2D eigenvalue weighted by atomic mass is 16.6. The standard InChI is InChI=1S/C16H31N3O2/c1-3-21-16(20)19-11-7-15(8-12-19)17-14(2)13-18-9-5-4-6-10-18/h14-15,17H,3-13H2,1-2H3. The molecule has 0 spiro atoms. The Morgan fingerprint density at radius 3 is 2.48 bits per heavy atom. The lowest BCUT2D eigenvalue weighted by atomic mass is 10.0. The molecule has 0 aromatic rings. The van der Waals surface area contributed by atoms with E-state index in [2.05, 4.69) is 17.1 Å². The van der Waals surface area contributed by atoms with Gasteiger partial charge in [0, 0.05) is 31.7 Å². The zero-order valence-corrected chi connectivity index (χ0v) is 13.6. The van der Waals surface area contributed by atoms with Crippen molar-refractivity contribution >= 4 is 6.09 Å². The maximum absolute atomic E-state index is 11.7. The molecule has 122 valence electrons. The summed E-state index contributed by atoms with van der Waals surface area (Å²) in [6.07, 6.45) is 6.00. The minimum atomic E-state index is -0.155. The third kappa shape index (κ3) is 5.47. The molecule has 0 saturated carbocycles. The fourth-order valence-electron chi connectivity index (χ4n) is 3.43. The van der Waals surface area contributed by atoms with Crippen molar-refractivity contribution in [3.8, 4) is 0 Å².